The number of hydrogen-bond acceptors (Lipinski definition) is 4. The smallest absolute Gasteiger partial charge is 0.303 e. The van der Waals surface area contributed by atoms with E-state index in [-0.39, 0.29) is 43.0 Å². The Balaban J connectivity index is 3.92. The van der Waals surface area contributed by atoms with E-state index < -0.39 is 16.0 Å². The molecular formula is C11H22N2O5S. The Morgan fingerprint density at radius 2 is 1.74 bits per heavy atom. The number of carbonyl (C=O) groups is 2. The van der Waals surface area contributed by atoms with Crippen LogP contribution < -0.4 is 10.0 Å². The van der Waals surface area contributed by atoms with Gasteiger partial charge in [-0.3, -0.25) is 9.59 Å². The van der Waals surface area contributed by atoms with Gasteiger partial charge in [-0.1, -0.05) is 0 Å². The van der Waals surface area contributed by atoms with Crippen molar-refractivity contribution in [3.8, 4) is 0 Å². The van der Waals surface area contributed by atoms with E-state index in [1.165, 1.54) is 0 Å². The highest BCUT2D eigenvalue weighted by Crippen LogP contribution is 1.99. The minimum Gasteiger partial charge on any atom is -0.481 e. The average molecular weight is 294 g/mol. The van der Waals surface area contributed by atoms with Crippen LogP contribution in [0.3, 0.4) is 0 Å². The molecule has 0 bridgehead atoms. The minimum atomic E-state index is -3.51. The van der Waals surface area contributed by atoms with Crippen LogP contribution in [0.15, 0.2) is 0 Å². The minimum absolute atomic E-state index is 0.0112. The van der Waals surface area contributed by atoms with Crippen LogP contribution in [-0.4, -0.2) is 43.2 Å². The molecule has 0 aromatic carbocycles. The van der Waals surface area contributed by atoms with E-state index in [0.29, 0.717) is 0 Å². The van der Waals surface area contributed by atoms with Crippen molar-refractivity contribution in [1.29, 1.82) is 0 Å². The lowest BCUT2D eigenvalue weighted by molar-refractivity contribution is -0.137. The normalized spacial score (nSPS) is 12.2. The van der Waals surface area contributed by atoms with Crippen molar-refractivity contribution in [2.75, 3.05) is 12.3 Å². The largest absolute Gasteiger partial charge is 0.481 e. The van der Waals surface area contributed by atoms with Gasteiger partial charge < -0.3 is 10.4 Å². The first kappa shape index (κ1) is 17.8. The zero-order chi connectivity index (χ0) is 15.1. The molecule has 0 unspecified atom stereocenters. The molecule has 7 nitrogen and oxygen atoms in total. The quantitative estimate of drug-likeness (QED) is 0.586. The number of rotatable bonds is 8. The van der Waals surface area contributed by atoms with Crippen LogP contribution in [0.1, 0.15) is 40.0 Å². The Labute approximate surface area is 113 Å². The van der Waals surface area contributed by atoms with E-state index in [0.717, 1.165) is 0 Å². The Bertz CT molecular complexity index is 411. The number of sulfonamides is 1. The summed E-state index contributed by atoms with van der Waals surface area (Å²) >= 11 is 0. The number of carboxylic acid groups (broad SMARTS) is 1. The second kappa shape index (κ2) is 7.44. The molecule has 112 valence electrons. The fourth-order valence-electron chi connectivity index (χ4n) is 1.29. The van der Waals surface area contributed by atoms with Gasteiger partial charge in [-0.25, -0.2) is 13.1 Å². The van der Waals surface area contributed by atoms with Gasteiger partial charge in [-0.2, -0.15) is 0 Å². The number of carboxylic acids is 1. The maximum Gasteiger partial charge on any atom is 0.303 e. The van der Waals surface area contributed by atoms with Gasteiger partial charge in [-0.05, 0) is 27.2 Å². The first-order valence-corrected chi connectivity index (χ1v) is 7.67. The van der Waals surface area contributed by atoms with Crippen molar-refractivity contribution in [3.63, 3.8) is 0 Å². The fraction of sp³-hybridized carbons (Fsp3) is 0.818. The monoisotopic (exact) mass is 294 g/mol. The lowest BCUT2D eigenvalue weighted by atomic mass is 10.1. The molecule has 19 heavy (non-hydrogen) atoms. The molecular weight excluding hydrogens is 272 g/mol. The molecule has 1 amide bonds. The maximum absolute atomic E-state index is 11.4. The molecule has 0 fully saturated rings. The summed E-state index contributed by atoms with van der Waals surface area (Å²) in [6.07, 6.45) is -0.0836. The van der Waals surface area contributed by atoms with Gasteiger partial charge in [0, 0.05) is 24.9 Å². The van der Waals surface area contributed by atoms with Gasteiger partial charge in [0.2, 0.25) is 15.9 Å². The standard InChI is InChI=1S/C11H22N2O5S/c1-11(2,3)13-9(14)6-7-12-19(17,18)8-4-5-10(15)16/h12H,4-8H2,1-3H3,(H,13,14)(H,15,16). The molecule has 0 aliphatic carbocycles. The lowest BCUT2D eigenvalue weighted by Crippen LogP contribution is -2.42. The summed E-state index contributed by atoms with van der Waals surface area (Å²) in [6, 6.07) is 0. The molecule has 0 aromatic heterocycles. The van der Waals surface area contributed by atoms with Gasteiger partial charge in [0.1, 0.15) is 0 Å². The Hall–Kier alpha value is -1.15. The Kier molecular flexibility index (Phi) is 6.99. The third-order valence-corrected chi connectivity index (χ3v) is 3.46. The highest BCUT2D eigenvalue weighted by atomic mass is 32.2. The zero-order valence-corrected chi connectivity index (χ0v) is 12.3. The van der Waals surface area contributed by atoms with Crippen LogP contribution in [0.4, 0.5) is 0 Å². The molecule has 8 heteroatoms. The first-order chi connectivity index (χ1) is 8.52. The van der Waals surface area contributed by atoms with Crippen molar-refractivity contribution in [2.45, 2.75) is 45.6 Å². The van der Waals surface area contributed by atoms with Crippen molar-refractivity contribution in [1.82, 2.24) is 10.0 Å². The number of aliphatic carboxylic acids is 1. The molecule has 0 radical (unpaired) electrons. The molecule has 0 aromatic rings. The van der Waals surface area contributed by atoms with Crippen LogP contribution in [0.2, 0.25) is 0 Å². The number of nitrogens with one attached hydrogen (secondary N) is 2. The maximum atomic E-state index is 11.4. The number of carbonyl (C=O) groups excluding carboxylic acids is 1. The highest BCUT2D eigenvalue weighted by Gasteiger charge is 2.15. The Morgan fingerprint density at radius 3 is 2.21 bits per heavy atom. The topological polar surface area (TPSA) is 113 Å². The van der Waals surface area contributed by atoms with Crippen LogP contribution in [0.25, 0.3) is 0 Å². The molecule has 0 aliphatic rings. The van der Waals surface area contributed by atoms with Crippen molar-refractivity contribution in [2.24, 2.45) is 0 Å². The van der Waals surface area contributed by atoms with Crippen LogP contribution in [0.5, 0.6) is 0 Å². The summed E-state index contributed by atoms with van der Waals surface area (Å²) in [6.45, 7) is 5.51. The van der Waals surface area contributed by atoms with Gasteiger partial charge in [0.25, 0.3) is 0 Å². The lowest BCUT2D eigenvalue weighted by Gasteiger charge is -2.20. The fourth-order valence-corrected chi connectivity index (χ4v) is 2.37. The van der Waals surface area contributed by atoms with Gasteiger partial charge in [0.15, 0.2) is 0 Å². The summed E-state index contributed by atoms with van der Waals surface area (Å²) < 4.78 is 25.2. The molecule has 0 spiro atoms. The van der Waals surface area contributed by atoms with Gasteiger partial charge in [0.05, 0.1) is 5.75 Å². The molecule has 0 saturated carbocycles. The SMILES string of the molecule is CC(C)(C)NC(=O)CCNS(=O)(=O)CCCC(=O)O. The van der Waals surface area contributed by atoms with Crippen LogP contribution in [0, 0.1) is 0 Å². The summed E-state index contributed by atoms with van der Waals surface area (Å²) in [5, 5.41) is 11.1. The van der Waals surface area contributed by atoms with Crippen molar-refractivity contribution in [3.05, 3.63) is 0 Å². The molecule has 0 rings (SSSR count). The molecule has 3 N–H and O–H groups in total. The molecule has 0 saturated heterocycles. The van der Waals surface area contributed by atoms with E-state index in [2.05, 4.69) is 10.0 Å². The predicted molar refractivity (Wildman–Crippen MR) is 71.2 cm³/mol. The number of amides is 1. The van der Waals surface area contributed by atoms with Crippen LogP contribution >= 0.6 is 0 Å². The van der Waals surface area contributed by atoms with Crippen molar-refractivity contribution < 1.29 is 23.1 Å². The molecule has 0 atom stereocenters. The number of hydrogen-bond donors (Lipinski definition) is 3. The van der Waals surface area contributed by atoms with Crippen LogP contribution in [-0.2, 0) is 19.6 Å². The summed E-state index contributed by atoms with van der Waals surface area (Å²) in [4.78, 5) is 21.7. The zero-order valence-electron chi connectivity index (χ0n) is 11.5. The van der Waals surface area contributed by atoms with E-state index >= 15 is 0 Å². The van der Waals surface area contributed by atoms with E-state index in [1.54, 1.807) is 0 Å². The first-order valence-electron chi connectivity index (χ1n) is 6.02. The van der Waals surface area contributed by atoms with Crippen molar-refractivity contribution >= 4 is 21.9 Å². The second-order valence-electron chi connectivity index (χ2n) is 5.26. The summed E-state index contributed by atoms with van der Waals surface area (Å²) in [7, 11) is -3.51. The third kappa shape index (κ3) is 11.7. The average Bonchev–Trinajstić information content (AvgIpc) is 2.12. The van der Waals surface area contributed by atoms with Gasteiger partial charge >= 0.3 is 5.97 Å². The van der Waals surface area contributed by atoms with E-state index in [1.807, 2.05) is 20.8 Å². The molecule has 0 heterocycles. The predicted octanol–water partition coefficient (Wildman–Crippen LogP) is 0.0754. The summed E-state index contributed by atoms with van der Waals surface area (Å²) in [5.74, 6) is -1.51. The highest BCUT2D eigenvalue weighted by molar-refractivity contribution is 7.89. The third-order valence-electron chi connectivity index (χ3n) is 1.99. The summed E-state index contributed by atoms with van der Waals surface area (Å²) in [5.41, 5.74) is -0.350. The Morgan fingerprint density at radius 1 is 1.16 bits per heavy atom. The van der Waals surface area contributed by atoms with Gasteiger partial charge in [-0.15, -0.1) is 0 Å². The molecule has 0 aliphatic heterocycles. The van der Waals surface area contributed by atoms with E-state index in [9.17, 15) is 18.0 Å². The van der Waals surface area contributed by atoms with E-state index in [4.69, 9.17) is 5.11 Å². The second-order valence-corrected chi connectivity index (χ2v) is 7.19.